The van der Waals surface area contributed by atoms with Crippen LogP contribution in [0.15, 0.2) is 58.3 Å². The van der Waals surface area contributed by atoms with Crippen LogP contribution in [0, 0.1) is 5.41 Å². The van der Waals surface area contributed by atoms with Crippen molar-refractivity contribution >= 4 is 23.4 Å². The minimum atomic E-state index is -0.364. The van der Waals surface area contributed by atoms with E-state index >= 15 is 0 Å². The van der Waals surface area contributed by atoms with Crippen LogP contribution in [-0.4, -0.2) is 11.7 Å². The first kappa shape index (κ1) is 16.4. The summed E-state index contributed by atoms with van der Waals surface area (Å²) in [5.74, 6) is 0. The Balaban J connectivity index is 2.31. The molecule has 0 saturated heterocycles. The summed E-state index contributed by atoms with van der Waals surface area (Å²) < 4.78 is 0. The lowest BCUT2D eigenvalue weighted by Crippen LogP contribution is -2.32. The molecule has 4 heteroatoms. The number of benzene rings is 2. The predicted molar refractivity (Wildman–Crippen MR) is 89.8 cm³/mol. The molecule has 0 fully saturated rings. The van der Waals surface area contributed by atoms with Gasteiger partial charge in [0.2, 0.25) is 0 Å². The molecule has 0 aliphatic heterocycles. The molecular formula is C17H20ClNOS. The van der Waals surface area contributed by atoms with Crippen LogP contribution in [0.5, 0.6) is 0 Å². The molecule has 0 amide bonds. The molecule has 3 N–H and O–H groups in total. The number of nitrogens with two attached hydrogens (primary N) is 1. The number of aliphatic hydroxyl groups is 1. The molecule has 112 valence electrons. The molecule has 2 aromatic rings. The van der Waals surface area contributed by atoms with Gasteiger partial charge in [-0.05, 0) is 35.9 Å². The summed E-state index contributed by atoms with van der Waals surface area (Å²) in [5, 5.41) is 10.3. The van der Waals surface area contributed by atoms with E-state index in [4.69, 9.17) is 17.3 Å². The summed E-state index contributed by atoms with van der Waals surface area (Å²) in [4.78, 5) is 2.22. The van der Waals surface area contributed by atoms with E-state index in [0.717, 1.165) is 20.4 Å². The molecule has 2 aromatic carbocycles. The van der Waals surface area contributed by atoms with E-state index in [9.17, 15) is 5.11 Å². The van der Waals surface area contributed by atoms with Crippen molar-refractivity contribution in [1.29, 1.82) is 0 Å². The van der Waals surface area contributed by atoms with Crippen molar-refractivity contribution < 1.29 is 5.11 Å². The van der Waals surface area contributed by atoms with Crippen LogP contribution in [-0.2, 0) is 0 Å². The highest BCUT2D eigenvalue weighted by Gasteiger charge is 2.28. The van der Waals surface area contributed by atoms with Crippen molar-refractivity contribution in [3.63, 3.8) is 0 Å². The Bertz CT molecular complexity index is 598. The first-order valence-corrected chi connectivity index (χ1v) is 8.02. The number of rotatable bonds is 5. The van der Waals surface area contributed by atoms with Crippen LogP contribution in [0.2, 0.25) is 5.02 Å². The van der Waals surface area contributed by atoms with E-state index in [0.29, 0.717) is 0 Å². The van der Waals surface area contributed by atoms with E-state index in [1.807, 2.05) is 56.3 Å². The summed E-state index contributed by atoms with van der Waals surface area (Å²) >= 11 is 7.58. The van der Waals surface area contributed by atoms with Crippen LogP contribution < -0.4 is 5.73 Å². The van der Waals surface area contributed by atoms with Crippen molar-refractivity contribution in [2.24, 2.45) is 11.1 Å². The van der Waals surface area contributed by atoms with Gasteiger partial charge in [-0.15, -0.1) is 0 Å². The molecule has 0 aliphatic carbocycles. The average molecular weight is 322 g/mol. The molecule has 0 aromatic heterocycles. The Kier molecular flexibility index (Phi) is 5.33. The minimum Gasteiger partial charge on any atom is -0.396 e. The van der Waals surface area contributed by atoms with Gasteiger partial charge in [0.05, 0.1) is 0 Å². The predicted octanol–water partition coefficient (Wildman–Crippen LogP) is 4.51. The normalized spacial score (nSPS) is 13.2. The van der Waals surface area contributed by atoms with Crippen LogP contribution in [0.25, 0.3) is 0 Å². The zero-order chi connectivity index (χ0) is 15.5. The maximum absolute atomic E-state index is 9.54. The van der Waals surface area contributed by atoms with Crippen LogP contribution in [0.1, 0.15) is 25.5 Å². The quantitative estimate of drug-likeness (QED) is 0.851. The third-order valence-electron chi connectivity index (χ3n) is 3.54. The minimum absolute atomic E-state index is 0.0497. The zero-order valence-electron chi connectivity index (χ0n) is 12.2. The van der Waals surface area contributed by atoms with E-state index in [2.05, 4.69) is 6.07 Å². The molecule has 1 atom stereocenters. The summed E-state index contributed by atoms with van der Waals surface area (Å²) in [6.07, 6.45) is 0. The maximum atomic E-state index is 9.54. The lowest BCUT2D eigenvalue weighted by atomic mass is 9.82. The van der Waals surface area contributed by atoms with Crippen molar-refractivity contribution in [2.75, 3.05) is 6.61 Å². The van der Waals surface area contributed by atoms with E-state index in [1.54, 1.807) is 11.8 Å². The van der Waals surface area contributed by atoms with E-state index in [-0.39, 0.29) is 18.1 Å². The number of halogens is 1. The Morgan fingerprint density at radius 3 is 2.38 bits per heavy atom. The number of hydrogen-bond acceptors (Lipinski definition) is 3. The molecule has 0 saturated carbocycles. The van der Waals surface area contributed by atoms with Gasteiger partial charge in [0, 0.05) is 32.9 Å². The van der Waals surface area contributed by atoms with Crippen molar-refractivity contribution in [3.8, 4) is 0 Å². The standard InChI is InChI=1S/C17H20ClNOS/c1-17(2,11-20)16(19)14-5-3-4-6-15(14)21-13-9-7-12(18)8-10-13/h3-10,16,20H,11,19H2,1-2H3/t16-/m0/s1. The van der Waals surface area contributed by atoms with E-state index < -0.39 is 0 Å². The van der Waals surface area contributed by atoms with Gasteiger partial charge in [-0.2, -0.15) is 0 Å². The van der Waals surface area contributed by atoms with Gasteiger partial charge in [0.25, 0.3) is 0 Å². The first-order chi connectivity index (χ1) is 9.94. The third-order valence-corrected chi connectivity index (χ3v) is 4.90. The molecule has 21 heavy (non-hydrogen) atoms. The van der Waals surface area contributed by atoms with Crippen molar-refractivity contribution in [3.05, 3.63) is 59.1 Å². The lowest BCUT2D eigenvalue weighted by molar-refractivity contribution is 0.131. The molecule has 2 nitrogen and oxygen atoms in total. The highest BCUT2D eigenvalue weighted by atomic mass is 35.5. The summed E-state index contributed by atoms with van der Waals surface area (Å²) in [6, 6.07) is 15.6. The number of hydrogen-bond donors (Lipinski definition) is 2. The monoisotopic (exact) mass is 321 g/mol. The second-order valence-electron chi connectivity index (χ2n) is 5.72. The molecule has 0 bridgehead atoms. The Labute approximate surface area is 135 Å². The second-order valence-corrected chi connectivity index (χ2v) is 7.27. The molecule has 0 radical (unpaired) electrons. The molecule has 0 spiro atoms. The summed E-state index contributed by atoms with van der Waals surface area (Å²) in [6.45, 7) is 4.00. The fourth-order valence-electron chi connectivity index (χ4n) is 1.98. The molecule has 2 rings (SSSR count). The molecule has 0 heterocycles. The molecule has 0 aliphatic rings. The van der Waals surface area contributed by atoms with Crippen LogP contribution in [0.4, 0.5) is 0 Å². The third kappa shape index (κ3) is 4.01. The number of aliphatic hydroxyl groups excluding tert-OH is 1. The van der Waals surface area contributed by atoms with Gasteiger partial charge in [0.15, 0.2) is 0 Å². The maximum Gasteiger partial charge on any atom is 0.0500 e. The van der Waals surface area contributed by atoms with Gasteiger partial charge in [-0.1, -0.05) is 55.4 Å². The van der Waals surface area contributed by atoms with Gasteiger partial charge in [-0.25, -0.2) is 0 Å². The smallest absolute Gasteiger partial charge is 0.0500 e. The Morgan fingerprint density at radius 1 is 1.14 bits per heavy atom. The fraction of sp³-hybridized carbons (Fsp3) is 0.294. The SMILES string of the molecule is CC(C)(CO)[C@@H](N)c1ccccc1Sc1ccc(Cl)cc1. The van der Waals surface area contributed by atoms with Crippen LogP contribution in [0.3, 0.4) is 0 Å². The highest BCUT2D eigenvalue weighted by molar-refractivity contribution is 7.99. The Morgan fingerprint density at radius 2 is 1.76 bits per heavy atom. The van der Waals surface area contributed by atoms with Crippen molar-refractivity contribution in [1.82, 2.24) is 0 Å². The largest absolute Gasteiger partial charge is 0.396 e. The Hall–Kier alpha value is -1.00. The first-order valence-electron chi connectivity index (χ1n) is 6.83. The van der Waals surface area contributed by atoms with Crippen LogP contribution >= 0.6 is 23.4 Å². The van der Waals surface area contributed by atoms with Crippen molar-refractivity contribution in [2.45, 2.75) is 29.7 Å². The molecule has 0 unspecified atom stereocenters. The average Bonchev–Trinajstić information content (AvgIpc) is 2.49. The summed E-state index contributed by atoms with van der Waals surface area (Å²) in [5.41, 5.74) is 7.06. The van der Waals surface area contributed by atoms with Gasteiger partial charge in [0.1, 0.15) is 0 Å². The zero-order valence-corrected chi connectivity index (χ0v) is 13.8. The summed E-state index contributed by atoms with van der Waals surface area (Å²) in [7, 11) is 0. The second kappa shape index (κ2) is 6.84. The van der Waals surface area contributed by atoms with Gasteiger partial charge >= 0.3 is 0 Å². The highest BCUT2D eigenvalue weighted by Crippen LogP contribution is 2.38. The van der Waals surface area contributed by atoms with Gasteiger partial charge in [-0.3, -0.25) is 0 Å². The van der Waals surface area contributed by atoms with E-state index in [1.165, 1.54) is 0 Å². The molecular weight excluding hydrogens is 302 g/mol. The fourth-order valence-corrected chi connectivity index (χ4v) is 3.09. The lowest BCUT2D eigenvalue weighted by Gasteiger charge is -2.31. The topological polar surface area (TPSA) is 46.2 Å². The van der Waals surface area contributed by atoms with Gasteiger partial charge < -0.3 is 10.8 Å².